The van der Waals surface area contributed by atoms with Gasteiger partial charge in [0.15, 0.2) is 0 Å². The summed E-state index contributed by atoms with van der Waals surface area (Å²) in [5, 5.41) is 8.83. The average Bonchev–Trinajstić information content (AvgIpc) is 2.04. The van der Waals surface area contributed by atoms with Gasteiger partial charge in [-0.05, 0) is 17.2 Å². The molecule has 0 bridgehead atoms. The molecule has 10 heavy (non-hydrogen) atoms. The molecule has 0 unspecified atom stereocenters. The average molecular weight is 149 g/mol. The van der Waals surface area contributed by atoms with Crippen LogP contribution in [0, 0.1) is 0 Å². The molecule has 0 aromatic heterocycles. The van der Waals surface area contributed by atoms with Crippen LogP contribution in [0.5, 0.6) is 0 Å². The standard InChI is InChI=1S/C8H9OSi/c9-5-7-3-1-2-4-8(7)6-10/h1-4,9H,5-6H2. The molecule has 0 fully saturated rings. The lowest BCUT2D eigenvalue weighted by molar-refractivity contribution is 0.281. The number of benzene rings is 1. The molecule has 1 aromatic rings. The van der Waals surface area contributed by atoms with E-state index in [1.54, 1.807) is 0 Å². The normalized spacial score (nSPS) is 9.80. The van der Waals surface area contributed by atoms with Gasteiger partial charge in [0.25, 0.3) is 0 Å². The first-order valence-corrected chi connectivity index (χ1v) is 3.91. The number of hydrogen-bond donors (Lipinski definition) is 1. The number of hydrogen-bond acceptors (Lipinski definition) is 1. The van der Waals surface area contributed by atoms with Crippen LogP contribution in [0.1, 0.15) is 11.1 Å². The zero-order valence-electron chi connectivity index (χ0n) is 5.67. The van der Waals surface area contributed by atoms with Crippen molar-refractivity contribution in [1.29, 1.82) is 0 Å². The molecule has 0 aliphatic carbocycles. The molecular formula is C8H9OSi. The van der Waals surface area contributed by atoms with Crippen molar-refractivity contribution in [2.24, 2.45) is 0 Å². The van der Waals surface area contributed by atoms with Crippen molar-refractivity contribution in [2.75, 3.05) is 0 Å². The van der Waals surface area contributed by atoms with Crippen molar-refractivity contribution >= 4 is 10.2 Å². The number of aliphatic hydroxyl groups excluding tert-OH is 1. The summed E-state index contributed by atoms with van der Waals surface area (Å²) in [7, 11) is 3.38. The predicted molar refractivity (Wildman–Crippen MR) is 41.8 cm³/mol. The predicted octanol–water partition coefficient (Wildman–Crippen LogP) is 0.847. The fraction of sp³-hybridized carbons (Fsp3) is 0.250. The lowest BCUT2D eigenvalue weighted by Gasteiger charge is -2.01. The van der Waals surface area contributed by atoms with Crippen LogP contribution >= 0.6 is 0 Å². The third-order valence-electron chi connectivity index (χ3n) is 1.48. The molecule has 0 aliphatic heterocycles. The molecule has 1 aromatic carbocycles. The first kappa shape index (κ1) is 7.50. The molecule has 1 N–H and O–H groups in total. The monoisotopic (exact) mass is 149 g/mol. The summed E-state index contributed by atoms with van der Waals surface area (Å²) < 4.78 is 0. The van der Waals surface area contributed by atoms with Crippen LogP contribution in [0.4, 0.5) is 0 Å². The minimum Gasteiger partial charge on any atom is -0.392 e. The van der Waals surface area contributed by atoms with E-state index in [0.717, 1.165) is 17.2 Å². The van der Waals surface area contributed by atoms with Crippen molar-refractivity contribution in [1.82, 2.24) is 0 Å². The second kappa shape index (κ2) is 3.54. The van der Waals surface area contributed by atoms with E-state index in [2.05, 4.69) is 10.2 Å². The molecule has 1 rings (SSSR count). The molecule has 2 heteroatoms. The van der Waals surface area contributed by atoms with Crippen LogP contribution < -0.4 is 0 Å². The maximum atomic E-state index is 8.83. The summed E-state index contributed by atoms with van der Waals surface area (Å²) in [5.41, 5.74) is 2.15. The van der Waals surface area contributed by atoms with E-state index >= 15 is 0 Å². The van der Waals surface area contributed by atoms with Crippen molar-refractivity contribution in [3.8, 4) is 0 Å². The van der Waals surface area contributed by atoms with E-state index < -0.39 is 0 Å². The highest BCUT2D eigenvalue weighted by atomic mass is 28.1. The molecule has 0 amide bonds. The Bertz CT molecular complexity index is 187. The van der Waals surface area contributed by atoms with Crippen LogP contribution in [0.25, 0.3) is 0 Å². The zero-order chi connectivity index (χ0) is 7.40. The fourth-order valence-electron chi connectivity index (χ4n) is 0.884. The Morgan fingerprint density at radius 3 is 2.20 bits per heavy atom. The van der Waals surface area contributed by atoms with Crippen LogP contribution in [-0.4, -0.2) is 15.3 Å². The molecular weight excluding hydrogens is 140 g/mol. The lowest BCUT2D eigenvalue weighted by Crippen LogP contribution is -1.92. The van der Waals surface area contributed by atoms with Gasteiger partial charge in [0.1, 0.15) is 0 Å². The summed E-state index contributed by atoms with van der Waals surface area (Å²) in [4.78, 5) is 0. The largest absolute Gasteiger partial charge is 0.392 e. The van der Waals surface area contributed by atoms with Crippen LogP contribution in [-0.2, 0) is 12.7 Å². The smallest absolute Gasteiger partial charge is 0.0684 e. The maximum Gasteiger partial charge on any atom is 0.0684 e. The van der Waals surface area contributed by atoms with E-state index in [-0.39, 0.29) is 6.61 Å². The molecule has 0 spiro atoms. The van der Waals surface area contributed by atoms with E-state index in [0.29, 0.717) is 0 Å². The zero-order valence-corrected chi connectivity index (χ0v) is 6.67. The number of rotatable bonds is 2. The van der Waals surface area contributed by atoms with E-state index in [1.807, 2.05) is 24.3 Å². The fourth-order valence-corrected chi connectivity index (χ4v) is 1.23. The highest BCUT2D eigenvalue weighted by Crippen LogP contribution is 2.07. The van der Waals surface area contributed by atoms with E-state index in [1.165, 1.54) is 0 Å². The van der Waals surface area contributed by atoms with Gasteiger partial charge in [-0.2, -0.15) is 0 Å². The summed E-state index contributed by atoms with van der Waals surface area (Å²) in [6.07, 6.45) is 0. The summed E-state index contributed by atoms with van der Waals surface area (Å²) in [6, 6.07) is 8.62. The first-order chi connectivity index (χ1) is 4.88. The van der Waals surface area contributed by atoms with Gasteiger partial charge < -0.3 is 5.11 Å². The minimum absolute atomic E-state index is 0.126. The van der Waals surface area contributed by atoms with Gasteiger partial charge in [0.2, 0.25) is 0 Å². The van der Waals surface area contributed by atoms with Crippen molar-refractivity contribution in [3.63, 3.8) is 0 Å². The van der Waals surface area contributed by atoms with Gasteiger partial charge in [-0.15, -0.1) is 0 Å². The third kappa shape index (κ3) is 1.46. The Labute approximate surface area is 64.1 Å². The lowest BCUT2D eigenvalue weighted by atomic mass is 10.1. The highest BCUT2D eigenvalue weighted by molar-refractivity contribution is 6.08. The quantitative estimate of drug-likeness (QED) is 0.618. The molecule has 1 nitrogen and oxygen atoms in total. The minimum atomic E-state index is 0.126. The molecule has 0 saturated heterocycles. The van der Waals surface area contributed by atoms with Gasteiger partial charge in [0, 0.05) is 10.2 Å². The summed E-state index contributed by atoms with van der Waals surface area (Å²) in [5.74, 6) is 0. The Morgan fingerprint density at radius 1 is 1.20 bits per heavy atom. The van der Waals surface area contributed by atoms with Crippen molar-refractivity contribution in [3.05, 3.63) is 35.4 Å². The van der Waals surface area contributed by atoms with Gasteiger partial charge in [0.05, 0.1) is 6.61 Å². The van der Waals surface area contributed by atoms with Crippen molar-refractivity contribution in [2.45, 2.75) is 12.7 Å². The van der Waals surface area contributed by atoms with Gasteiger partial charge in [-0.25, -0.2) is 0 Å². The van der Waals surface area contributed by atoms with E-state index in [9.17, 15) is 0 Å². The SMILES string of the molecule is OCc1ccccc1C[Si]. The topological polar surface area (TPSA) is 20.2 Å². The molecule has 3 radical (unpaired) electrons. The second-order valence-corrected chi connectivity index (χ2v) is 2.46. The molecule has 0 atom stereocenters. The number of aliphatic hydroxyl groups is 1. The maximum absolute atomic E-state index is 8.83. The Morgan fingerprint density at radius 2 is 1.80 bits per heavy atom. The molecule has 0 heterocycles. The van der Waals surface area contributed by atoms with Gasteiger partial charge >= 0.3 is 0 Å². The summed E-state index contributed by atoms with van der Waals surface area (Å²) >= 11 is 0. The Kier molecular flexibility index (Phi) is 2.65. The third-order valence-corrected chi connectivity index (χ3v) is 1.86. The Balaban J connectivity index is 2.96. The highest BCUT2D eigenvalue weighted by Gasteiger charge is 1.94. The first-order valence-electron chi connectivity index (χ1n) is 3.20. The van der Waals surface area contributed by atoms with Gasteiger partial charge in [-0.1, -0.05) is 24.3 Å². The van der Waals surface area contributed by atoms with E-state index in [4.69, 9.17) is 5.11 Å². The van der Waals surface area contributed by atoms with Crippen LogP contribution in [0.15, 0.2) is 24.3 Å². The molecule has 0 saturated carbocycles. The van der Waals surface area contributed by atoms with Gasteiger partial charge in [-0.3, -0.25) is 0 Å². The molecule has 51 valence electrons. The molecule has 0 aliphatic rings. The van der Waals surface area contributed by atoms with Crippen LogP contribution in [0.3, 0.4) is 0 Å². The summed E-state index contributed by atoms with van der Waals surface area (Å²) in [6.45, 7) is 0.126. The second-order valence-electron chi connectivity index (χ2n) is 2.10. The van der Waals surface area contributed by atoms with Crippen molar-refractivity contribution < 1.29 is 5.11 Å². The van der Waals surface area contributed by atoms with Crippen LogP contribution in [0.2, 0.25) is 0 Å². The Hall–Kier alpha value is -0.603.